The zero-order valence-corrected chi connectivity index (χ0v) is 23.1. The van der Waals surface area contributed by atoms with Gasteiger partial charge in [-0.25, -0.2) is 14.4 Å². The Balaban J connectivity index is 1.33. The fourth-order valence-corrected chi connectivity index (χ4v) is 4.83. The molecule has 2 aromatic heterocycles. The fraction of sp³-hybridized carbons (Fsp3) is 0.200. The number of hydrogen-bond donors (Lipinski definition) is 2. The average molecular weight is 593 g/mol. The Morgan fingerprint density at radius 3 is 2.64 bits per heavy atom. The van der Waals surface area contributed by atoms with Gasteiger partial charge in [-0.15, -0.1) is 0 Å². The molecule has 0 bridgehead atoms. The van der Waals surface area contributed by atoms with E-state index in [0.717, 1.165) is 22.2 Å². The number of alkyl halides is 3. The molecular formula is C30H24ClF3N6O2. The van der Waals surface area contributed by atoms with Crippen LogP contribution in [-0.4, -0.2) is 32.9 Å². The molecule has 0 unspecified atom stereocenters. The number of nitrogens with two attached hydrogens (primary N) is 1. The van der Waals surface area contributed by atoms with Crippen LogP contribution in [0.15, 0.2) is 60.8 Å². The van der Waals surface area contributed by atoms with Gasteiger partial charge < -0.3 is 15.6 Å². The first kappa shape index (κ1) is 28.7. The Labute approximate surface area is 244 Å². The number of anilines is 2. The van der Waals surface area contributed by atoms with Gasteiger partial charge in [0.15, 0.2) is 0 Å². The largest absolute Gasteiger partial charge is 0.416 e. The fourth-order valence-electron chi connectivity index (χ4n) is 4.64. The summed E-state index contributed by atoms with van der Waals surface area (Å²) in [7, 11) is 1.86. The first-order valence-electron chi connectivity index (χ1n) is 12.9. The standard InChI is InChI=1S/C30H24ClF3N6O2/c1-39-24-13-14-36-28(42)23(24)16-25(39)27-20(17-37-29(35)38-27)9-5-19-3-2-4-22(15-19)40(31)26(41)12-8-18-6-10-21(11-7-18)30(32,33)34/h2-4,6-7,10-11,15-17H,8,12-14H2,1H3,(H,36,42)(H2,35,37,38). The van der Waals surface area contributed by atoms with Crippen molar-refractivity contribution in [1.82, 2.24) is 19.9 Å². The zero-order chi connectivity index (χ0) is 30.0. The number of aromatic nitrogens is 3. The van der Waals surface area contributed by atoms with Gasteiger partial charge in [0.25, 0.3) is 5.91 Å². The third kappa shape index (κ3) is 6.09. The van der Waals surface area contributed by atoms with Crippen molar-refractivity contribution in [3.05, 3.63) is 94.3 Å². The molecule has 214 valence electrons. The first-order valence-corrected chi connectivity index (χ1v) is 13.2. The van der Waals surface area contributed by atoms with Crippen LogP contribution in [-0.2, 0) is 30.9 Å². The van der Waals surface area contributed by atoms with Crippen molar-refractivity contribution < 1.29 is 22.8 Å². The third-order valence-electron chi connectivity index (χ3n) is 6.84. The van der Waals surface area contributed by atoms with Gasteiger partial charge in [-0.2, -0.15) is 13.2 Å². The van der Waals surface area contributed by atoms with E-state index >= 15 is 0 Å². The van der Waals surface area contributed by atoms with E-state index in [2.05, 4.69) is 27.1 Å². The number of nitrogens with one attached hydrogen (secondary N) is 1. The highest BCUT2D eigenvalue weighted by Gasteiger charge is 2.30. The maximum absolute atomic E-state index is 12.8. The van der Waals surface area contributed by atoms with Crippen molar-refractivity contribution in [2.24, 2.45) is 7.05 Å². The Morgan fingerprint density at radius 1 is 1.17 bits per heavy atom. The second-order valence-electron chi connectivity index (χ2n) is 9.61. The van der Waals surface area contributed by atoms with Crippen LogP contribution in [0, 0.1) is 11.8 Å². The van der Waals surface area contributed by atoms with Crippen LogP contribution in [0.2, 0.25) is 0 Å². The summed E-state index contributed by atoms with van der Waals surface area (Å²) < 4.78 is 41.2. The molecule has 1 aliphatic rings. The van der Waals surface area contributed by atoms with Crippen molar-refractivity contribution >= 4 is 35.2 Å². The second-order valence-corrected chi connectivity index (χ2v) is 9.95. The molecule has 0 atom stereocenters. The number of rotatable bonds is 5. The van der Waals surface area contributed by atoms with Crippen LogP contribution in [0.5, 0.6) is 0 Å². The molecule has 0 saturated carbocycles. The second kappa shape index (κ2) is 11.6. The van der Waals surface area contributed by atoms with Gasteiger partial charge in [-0.3, -0.25) is 9.59 Å². The topological polar surface area (TPSA) is 106 Å². The van der Waals surface area contributed by atoms with Gasteiger partial charge in [0, 0.05) is 55.7 Å². The van der Waals surface area contributed by atoms with E-state index < -0.39 is 17.6 Å². The van der Waals surface area contributed by atoms with E-state index in [1.165, 1.54) is 18.3 Å². The lowest BCUT2D eigenvalue weighted by atomic mass is 10.1. The Bertz CT molecular complexity index is 1740. The van der Waals surface area contributed by atoms with Crippen LogP contribution in [0.3, 0.4) is 0 Å². The molecule has 0 saturated heterocycles. The summed E-state index contributed by atoms with van der Waals surface area (Å²) >= 11 is 6.32. The molecule has 0 fully saturated rings. The molecule has 4 aromatic rings. The van der Waals surface area contributed by atoms with E-state index in [4.69, 9.17) is 17.5 Å². The summed E-state index contributed by atoms with van der Waals surface area (Å²) in [6.45, 7) is 0.549. The van der Waals surface area contributed by atoms with Gasteiger partial charge in [0.2, 0.25) is 11.9 Å². The molecule has 0 spiro atoms. The molecule has 3 N–H and O–H groups in total. The summed E-state index contributed by atoms with van der Waals surface area (Å²) in [5.41, 5.74) is 9.78. The normalized spacial score (nSPS) is 12.6. The molecule has 1 aliphatic heterocycles. The maximum Gasteiger partial charge on any atom is 0.416 e. The Morgan fingerprint density at radius 2 is 1.93 bits per heavy atom. The predicted octanol–water partition coefficient (Wildman–Crippen LogP) is 4.89. The molecule has 5 rings (SSSR count). The summed E-state index contributed by atoms with van der Waals surface area (Å²) in [4.78, 5) is 33.6. The molecule has 2 amide bonds. The van der Waals surface area contributed by atoms with E-state index in [-0.39, 0.29) is 24.7 Å². The minimum absolute atomic E-state index is 0.00439. The minimum Gasteiger partial charge on any atom is -0.368 e. The van der Waals surface area contributed by atoms with Crippen LogP contribution >= 0.6 is 11.8 Å². The lowest BCUT2D eigenvalue weighted by molar-refractivity contribution is -0.137. The highest BCUT2D eigenvalue weighted by Crippen LogP contribution is 2.30. The zero-order valence-electron chi connectivity index (χ0n) is 22.3. The molecule has 0 aliphatic carbocycles. The van der Waals surface area contributed by atoms with Gasteiger partial charge in [0.1, 0.15) is 5.69 Å². The van der Waals surface area contributed by atoms with Crippen LogP contribution in [0.4, 0.5) is 24.8 Å². The number of nitrogens with zero attached hydrogens (tertiary/aromatic N) is 4. The van der Waals surface area contributed by atoms with Crippen molar-refractivity contribution in [3.8, 4) is 23.2 Å². The monoisotopic (exact) mass is 592 g/mol. The number of amides is 2. The van der Waals surface area contributed by atoms with E-state index in [1.54, 1.807) is 30.3 Å². The summed E-state index contributed by atoms with van der Waals surface area (Å²) in [6.07, 6.45) is -2.00. The summed E-state index contributed by atoms with van der Waals surface area (Å²) in [5, 5.41) is 2.83. The Hall–Kier alpha value is -4.82. The third-order valence-corrected chi connectivity index (χ3v) is 7.23. The number of nitrogen functional groups attached to an aromatic ring is 1. The molecule has 3 heterocycles. The number of benzene rings is 2. The number of fused-ring (bicyclic) bond motifs is 1. The lowest BCUT2D eigenvalue weighted by Gasteiger charge is -2.14. The van der Waals surface area contributed by atoms with Crippen molar-refractivity contribution in [2.75, 3.05) is 16.7 Å². The van der Waals surface area contributed by atoms with Gasteiger partial charge in [-0.05, 0) is 48.4 Å². The molecule has 0 radical (unpaired) electrons. The van der Waals surface area contributed by atoms with E-state index in [0.29, 0.717) is 52.3 Å². The van der Waals surface area contributed by atoms with Crippen LogP contribution < -0.4 is 15.5 Å². The smallest absolute Gasteiger partial charge is 0.368 e. The number of carbonyl (C=O) groups excluding carboxylic acids is 2. The first-order chi connectivity index (χ1) is 20.0. The molecular weight excluding hydrogens is 569 g/mol. The number of carbonyl (C=O) groups is 2. The lowest BCUT2D eigenvalue weighted by Crippen LogP contribution is -2.31. The van der Waals surface area contributed by atoms with Crippen molar-refractivity contribution in [2.45, 2.75) is 25.4 Å². The van der Waals surface area contributed by atoms with Gasteiger partial charge in [0.05, 0.1) is 28.1 Å². The SMILES string of the molecule is Cn1c(-c2nc(N)ncc2C#Cc2cccc(N(Cl)C(=O)CCc3ccc(C(F)(F)F)cc3)c2)cc2c1CCNC2=O. The molecule has 8 nitrogen and oxygen atoms in total. The van der Waals surface area contributed by atoms with Crippen molar-refractivity contribution in [3.63, 3.8) is 0 Å². The van der Waals surface area contributed by atoms with Crippen molar-refractivity contribution in [1.29, 1.82) is 0 Å². The number of halogens is 4. The molecule has 2 aromatic carbocycles. The van der Waals surface area contributed by atoms with E-state index in [9.17, 15) is 22.8 Å². The van der Waals surface area contributed by atoms with E-state index in [1.807, 2.05) is 11.6 Å². The van der Waals surface area contributed by atoms with Crippen LogP contribution in [0.1, 0.15) is 44.7 Å². The highest BCUT2D eigenvalue weighted by molar-refractivity contribution is 6.36. The summed E-state index contributed by atoms with van der Waals surface area (Å²) in [5.74, 6) is 5.59. The molecule has 42 heavy (non-hydrogen) atoms. The maximum atomic E-state index is 12.8. The van der Waals surface area contributed by atoms with Gasteiger partial charge in [-0.1, -0.05) is 30.0 Å². The quantitative estimate of drug-likeness (QED) is 0.254. The van der Waals surface area contributed by atoms with Crippen LogP contribution in [0.25, 0.3) is 11.4 Å². The number of aryl methyl sites for hydroxylation is 1. The predicted molar refractivity (Wildman–Crippen MR) is 152 cm³/mol. The number of hydrogen-bond acceptors (Lipinski definition) is 5. The van der Waals surface area contributed by atoms with Gasteiger partial charge >= 0.3 is 6.18 Å². The summed E-state index contributed by atoms with van der Waals surface area (Å²) in [6, 6.07) is 13.2. The average Bonchev–Trinajstić information content (AvgIpc) is 3.32. The molecule has 12 heteroatoms. The Kier molecular flexibility index (Phi) is 7.91. The minimum atomic E-state index is -4.42. The highest BCUT2D eigenvalue weighted by atomic mass is 35.5.